The van der Waals surface area contributed by atoms with Crippen LogP contribution in [0.2, 0.25) is 5.02 Å². The molecule has 43 heavy (non-hydrogen) atoms. The molecule has 0 spiro atoms. The first-order valence-corrected chi connectivity index (χ1v) is 17.5. The highest BCUT2D eigenvalue weighted by Crippen LogP contribution is 2.46. The van der Waals surface area contributed by atoms with E-state index in [-0.39, 0.29) is 29.4 Å². The molecule has 6 atom stereocenters. The molecule has 0 unspecified atom stereocenters. The van der Waals surface area contributed by atoms with Crippen molar-refractivity contribution in [2.24, 2.45) is 17.8 Å². The predicted molar refractivity (Wildman–Crippen MR) is 171 cm³/mol. The second kappa shape index (κ2) is 13.0. The first-order chi connectivity index (χ1) is 20.4. The lowest BCUT2D eigenvalue weighted by Crippen LogP contribution is -2.52. The number of aliphatic hydroxyl groups is 1. The number of aryl methyl sites for hydroxylation is 1. The normalized spacial score (nSPS) is 31.7. The molecule has 2 heterocycles. The summed E-state index contributed by atoms with van der Waals surface area (Å²) in [6, 6.07) is 11.0. The Bertz CT molecular complexity index is 1430. The fraction of sp³-hybridized carbons (Fsp3) is 0.606. The van der Waals surface area contributed by atoms with Crippen LogP contribution in [0.5, 0.6) is 5.75 Å². The van der Waals surface area contributed by atoms with E-state index in [1.54, 1.807) is 25.1 Å². The highest BCUT2D eigenvalue weighted by molar-refractivity contribution is 7.90. The highest BCUT2D eigenvalue weighted by Gasteiger charge is 2.45. The van der Waals surface area contributed by atoms with E-state index in [0.29, 0.717) is 30.2 Å². The smallest absolute Gasteiger partial charge is 0.264 e. The van der Waals surface area contributed by atoms with Gasteiger partial charge in [0.15, 0.2) is 0 Å². The van der Waals surface area contributed by atoms with Crippen LogP contribution in [0, 0.1) is 17.8 Å². The maximum absolute atomic E-state index is 13.4. The van der Waals surface area contributed by atoms with Crippen molar-refractivity contribution in [2.75, 3.05) is 25.0 Å². The number of ether oxygens (including phenoxy) is 1. The number of amides is 1. The Balaban J connectivity index is 1.55. The van der Waals surface area contributed by atoms with Crippen LogP contribution in [0.3, 0.4) is 0 Å². The van der Waals surface area contributed by atoms with Crippen molar-refractivity contribution < 1.29 is 23.1 Å². The summed E-state index contributed by atoms with van der Waals surface area (Å²) in [7, 11) is -2.09. The van der Waals surface area contributed by atoms with Crippen LogP contribution in [0.1, 0.15) is 80.8 Å². The molecule has 1 amide bonds. The van der Waals surface area contributed by atoms with Crippen molar-refractivity contribution in [1.82, 2.24) is 10.0 Å². The molecular formula is C33H46ClN3O5S. The van der Waals surface area contributed by atoms with Gasteiger partial charge in [-0.2, -0.15) is 0 Å². The van der Waals surface area contributed by atoms with Crippen molar-refractivity contribution in [3.8, 4) is 5.75 Å². The van der Waals surface area contributed by atoms with Gasteiger partial charge in [-0.05, 0) is 125 Å². The third-order valence-electron chi connectivity index (χ3n) is 10.2. The van der Waals surface area contributed by atoms with Crippen LogP contribution in [-0.2, 0) is 23.1 Å². The second-order valence-corrected chi connectivity index (χ2v) is 15.6. The third-order valence-corrected chi connectivity index (χ3v) is 12.3. The lowest BCUT2D eigenvalue weighted by atomic mass is 9.63. The maximum Gasteiger partial charge on any atom is 0.264 e. The molecule has 1 fully saturated rings. The van der Waals surface area contributed by atoms with E-state index in [9.17, 15) is 18.3 Å². The van der Waals surface area contributed by atoms with Gasteiger partial charge in [0.2, 0.25) is 10.0 Å². The average Bonchev–Trinajstić information content (AvgIpc) is 2.96. The average molecular weight is 632 g/mol. The number of hydrogen-bond donors (Lipinski definition) is 3. The Morgan fingerprint density at radius 2 is 1.91 bits per heavy atom. The van der Waals surface area contributed by atoms with Gasteiger partial charge in [0.25, 0.3) is 5.91 Å². The molecule has 3 N–H and O–H groups in total. The zero-order valence-electron chi connectivity index (χ0n) is 25.7. The molecule has 2 bridgehead atoms. The van der Waals surface area contributed by atoms with Crippen LogP contribution in [0.4, 0.5) is 5.69 Å². The SMILES string of the molecule is CN[C@H]1C[C@H](C)[C@@H](C)S(=O)(=O)NC(=O)c2ccc3c(c2)N(CCCCc2cc(Cl)ccc2CO3)C[C@@H]2CC[C@H]2[C@](C)(O)C1. The lowest BCUT2D eigenvalue weighted by Gasteiger charge is -2.49. The van der Waals surface area contributed by atoms with E-state index in [4.69, 9.17) is 16.3 Å². The summed E-state index contributed by atoms with van der Waals surface area (Å²) in [5.41, 5.74) is 2.39. The van der Waals surface area contributed by atoms with Gasteiger partial charge < -0.3 is 20.1 Å². The topological polar surface area (TPSA) is 108 Å². The van der Waals surface area contributed by atoms with Gasteiger partial charge in [0.1, 0.15) is 12.4 Å². The fourth-order valence-corrected chi connectivity index (χ4v) is 8.63. The van der Waals surface area contributed by atoms with E-state index in [1.165, 1.54) is 5.56 Å². The molecule has 236 valence electrons. The first-order valence-electron chi connectivity index (χ1n) is 15.6. The van der Waals surface area contributed by atoms with Crippen LogP contribution < -0.4 is 19.7 Å². The lowest BCUT2D eigenvalue weighted by molar-refractivity contribution is -0.0789. The number of nitrogens with one attached hydrogen (secondary N) is 2. The van der Waals surface area contributed by atoms with E-state index in [1.807, 2.05) is 39.1 Å². The van der Waals surface area contributed by atoms with Crippen molar-refractivity contribution in [1.29, 1.82) is 0 Å². The Labute approximate surface area is 261 Å². The van der Waals surface area contributed by atoms with Gasteiger partial charge in [-0.1, -0.05) is 24.6 Å². The minimum atomic E-state index is -3.95. The molecule has 0 saturated heterocycles. The standard InChI is InChI=1S/C33H46ClN3O5S/c1-21-15-28(35-4)18-33(3,39)29-12-9-25(29)19-37-14-6-5-7-23-16-27(34)11-8-26(23)20-42-31-13-10-24(17-30(31)37)32(38)36-43(40,41)22(21)2/h8,10-11,13,16-17,21-22,25,28-29,35,39H,5-7,9,12,14-15,18-20H2,1-4H3,(H,36,38)/t21-,22+,25-,28-,29+,33+/m0/s1. The van der Waals surface area contributed by atoms with Crippen LogP contribution in [-0.4, -0.2) is 56.5 Å². The number of fused-ring (bicyclic) bond motifs is 3. The molecular weight excluding hydrogens is 586 g/mol. The summed E-state index contributed by atoms with van der Waals surface area (Å²) in [5.74, 6) is 0.162. The molecule has 1 aliphatic carbocycles. The fourth-order valence-electron chi connectivity index (χ4n) is 7.15. The minimum absolute atomic E-state index is 0.0620. The number of sulfonamides is 1. The van der Waals surface area contributed by atoms with E-state index < -0.39 is 26.8 Å². The number of anilines is 1. The summed E-state index contributed by atoms with van der Waals surface area (Å²) in [6.07, 6.45) is 5.83. The van der Waals surface area contributed by atoms with Crippen molar-refractivity contribution in [2.45, 2.75) is 89.2 Å². The molecule has 5 rings (SSSR count). The number of benzene rings is 2. The minimum Gasteiger partial charge on any atom is -0.487 e. The van der Waals surface area contributed by atoms with E-state index >= 15 is 0 Å². The quantitative estimate of drug-likeness (QED) is 0.392. The monoisotopic (exact) mass is 631 g/mol. The van der Waals surface area contributed by atoms with Crippen molar-refractivity contribution >= 4 is 33.2 Å². The molecule has 1 saturated carbocycles. The Morgan fingerprint density at radius 1 is 1.12 bits per heavy atom. The van der Waals surface area contributed by atoms with Crippen LogP contribution >= 0.6 is 11.6 Å². The Hall–Kier alpha value is -2.33. The molecule has 8 nitrogen and oxygen atoms in total. The summed E-state index contributed by atoms with van der Waals surface area (Å²) >= 11 is 6.32. The number of rotatable bonds is 1. The van der Waals surface area contributed by atoms with Gasteiger partial charge in [0, 0.05) is 29.7 Å². The molecule has 10 heteroatoms. The third kappa shape index (κ3) is 7.16. The van der Waals surface area contributed by atoms with Gasteiger partial charge in [-0.25, -0.2) is 13.1 Å². The predicted octanol–water partition coefficient (Wildman–Crippen LogP) is 5.30. The molecule has 3 aliphatic rings. The molecule has 2 aromatic carbocycles. The van der Waals surface area contributed by atoms with Crippen LogP contribution in [0.25, 0.3) is 0 Å². The van der Waals surface area contributed by atoms with Gasteiger partial charge in [-0.15, -0.1) is 0 Å². The van der Waals surface area contributed by atoms with Gasteiger partial charge in [-0.3, -0.25) is 4.79 Å². The number of carbonyl (C=O) groups excluding carboxylic acids is 1. The summed E-state index contributed by atoms with van der Waals surface area (Å²) in [5, 5.41) is 15.0. The maximum atomic E-state index is 13.4. The zero-order chi connectivity index (χ0) is 30.9. The largest absolute Gasteiger partial charge is 0.487 e. The van der Waals surface area contributed by atoms with Crippen molar-refractivity contribution in [3.05, 3.63) is 58.1 Å². The number of hydrogen-bond acceptors (Lipinski definition) is 7. The van der Waals surface area contributed by atoms with Gasteiger partial charge >= 0.3 is 0 Å². The second-order valence-electron chi connectivity index (χ2n) is 13.2. The molecule has 0 aromatic heterocycles. The Morgan fingerprint density at radius 3 is 2.63 bits per heavy atom. The number of carbonyl (C=O) groups is 1. The van der Waals surface area contributed by atoms with Gasteiger partial charge in [0.05, 0.1) is 16.5 Å². The number of halogens is 1. The zero-order valence-corrected chi connectivity index (χ0v) is 27.3. The summed E-state index contributed by atoms with van der Waals surface area (Å²) < 4.78 is 35.5. The van der Waals surface area contributed by atoms with Crippen molar-refractivity contribution in [3.63, 3.8) is 0 Å². The van der Waals surface area contributed by atoms with E-state index in [0.717, 1.165) is 56.4 Å². The highest BCUT2D eigenvalue weighted by atomic mass is 35.5. The molecule has 2 aliphatic heterocycles. The summed E-state index contributed by atoms with van der Waals surface area (Å²) in [4.78, 5) is 15.7. The van der Waals surface area contributed by atoms with E-state index in [2.05, 4.69) is 14.9 Å². The first kappa shape index (κ1) is 32.1. The Kier molecular flexibility index (Phi) is 9.66. The van der Waals surface area contributed by atoms with Crippen LogP contribution in [0.15, 0.2) is 36.4 Å². The molecule has 0 radical (unpaired) electrons. The summed E-state index contributed by atoms with van der Waals surface area (Å²) in [6.45, 7) is 7.30. The number of nitrogens with zero attached hydrogens (tertiary/aromatic N) is 1. The molecule has 2 aromatic rings.